The van der Waals surface area contributed by atoms with Crippen molar-refractivity contribution in [1.82, 2.24) is 9.27 Å². The van der Waals surface area contributed by atoms with Gasteiger partial charge >= 0.3 is 0 Å². The first-order chi connectivity index (χ1) is 15.8. The van der Waals surface area contributed by atoms with Gasteiger partial charge in [0, 0.05) is 43.1 Å². The number of amides is 1. The van der Waals surface area contributed by atoms with Crippen molar-refractivity contribution < 1.29 is 17.5 Å². The van der Waals surface area contributed by atoms with Crippen molar-refractivity contribution in [3.63, 3.8) is 0 Å². The molecule has 2 aliphatic heterocycles. The summed E-state index contributed by atoms with van der Waals surface area (Å²) in [5, 5.41) is 2.53. The molecule has 11 heteroatoms. The molecule has 0 unspecified atom stereocenters. The Hall–Kier alpha value is -2.24. The molecule has 0 bridgehead atoms. The van der Waals surface area contributed by atoms with Gasteiger partial charge in [-0.3, -0.25) is 9.69 Å². The number of hydroxylamine groups is 1. The number of fused-ring (bicyclic) bond motifs is 2. The van der Waals surface area contributed by atoms with Gasteiger partial charge in [0.1, 0.15) is 5.82 Å². The Bertz CT molecular complexity index is 1320. The van der Waals surface area contributed by atoms with E-state index in [4.69, 9.17) is 15.9 Å². The maximum atomic E-state index is 12.2. The van der Waals surface area contributed by atoms with Crippen LogP contribution in [0, 0.1) is 0 Å². The zero-order chi connectivity index (χ0) is 23.2. The van der Waals surface area contributed by atoms with Crippen LogP contribution in [0.3, 0.4) is 0 Å². The average Bonchev–Trinajstić information content (AvgIpc) is 3.33. The molecule has 3 aromatic rings. The Balaban J connectivity index is 1.21. The molecule has 1 saturated heterocycles. The van der Waals surface area contributed by atoms with Crippen LogP contribution < -0.4 is 9.96 Å². The molecular formula is C22H23ClN4O4S2. The average molecular weight is 507 g/mol. The van der Waals surface area contributed by atoms with Crippen molar-refractivity contribution in [2.24, 2.45) is 0 Å². The number of piperazine rings is 1. The van der Waals surface area contributed by atoms with Gasteiger partial charge in [-0.2, -0.15) is 17.9 Å². The molecule has 2 aliphatic rings. The number of anilines is 2. The van der Waals surface area contributed by atoms with E-state index in [-0.39, 0.29) is 6.42 Å². The van der Waals surface area contributed by atoms with E-state index in [2.05, 4.69) is 32.4 Å². The number of hydrogen-bond donors (Lipinski definition) is 0. The van der Waals surface area contributed by atoms with Gasteiger partial charge in [0.05, 0.1) is 23.1 Å². The van der Waals surface area contributed by atoms with Gasteiger partial charge in [-0.15, -0.1) is 4.28 Å². The molecule has 5 rings (SSSR count). The van der Waals surface area contributed by atoms with Crippen molar-refractivity contribution in [1.29, 1.82) is 0 Å². The van der Waals surface area contributed by atoms with E-state index < -0.39 is 16.0 Å². The minimum Gasteiger partial charge on any atom is -0.353 e. The summed E-state index contributed by atoms with van der Waals surface area (Å²) in [4.78, 5) is 17.0. The third-order valence-corrected chi connectivity index (χ3v) is 7.56. The SMILES string of the molecule is CS(=O)(=O)ON1C(=O)Cc2cc(CCN3CCN(c4nsc5ccccc45)CC3)c(Cl)cc21. The third kappa shape index (κ3) is 4.71. The lowest BCUT2D eigenvalue weighted by molar-refractivity contribution is -0.121. The molecule has 1 amide bonds. The van der Waals surface area contributed by atoms with Crippen molar-refractivity contribution in [3.05, 3.63) is 52.5 Å². The molecule has 33 heavy (non-hydrogen) atoms. The predicted molar refractivity (Wildman–Crippen MR) is 131 cm³/mol. The van der Waals surface area contributed by atoms with Gasteiger partial charge in [0.15, 0.2) is 0 Å². The first-order valence-corrected chi connectivity index (χ1v) is 13.6. The van der Waals surface area contributed by atoms with Crippen molar-refractivity contribution >= 4 is 60.8 Å². The van der Waals surface area contributed by atoms with Crippen molar-refractivity contribution in [3.8, 4) is 0 Å². The summed E-state index contributed by atoms with van der Waals surface area (Å²) < 4.78 is 33.7. The summed E-state index contributed by atoms with van der Waals surface area (Å²) >= 11 is 8.02. The quantitative estimate of drug-likeness (QED) is 0.508. The fraction of sp³-hybridized carbons (Fsp3) is 0.364. The molecule has 0 aliphatic carbocycles. The third-order valence-electron chi connectivity index (χ3n) is 5.97. The number of halogens is 1. The minimum absolute atomic E-state index is 0.0926. The highest BCUT2D eigenvalue weighted by Crippen LogP contribution is 2.35. The fourth-order valence-corrected chi connectivity index (χ4v) is 5.81. The molecule has 0 spiro atoms. The van der Waals surface area contributed by atoms with E-state index in [1.807, 2.05) is 12.1 Å². The second-order valence-electron chi connectivity index (χ2n) is 8.30. The first kappa shape index (κ1) is 22.5. The van der Waals surface area contributed by atoms with Crippen LogP contribution in [-0.2, 0) is 32.0 Å². The van der Waals surface area contributed by atoms with Crippen molar-refractivity contribution in [2.45, 2.75) is 12.8 Å². The summed E-state index contributed by atoms with van der Waals surface area (Å²) in [6, 6.07) is 11.8. The van der Waals surface area contributed by atoms with Crippen LogP contribution in [0.5, 0.6) is 0 Å². The van der Waals surface area contributed by atoms with Crippen LogP contribution in [0.15, 0.2) is 36.4 Å². The van der Waals surface area contributed by atoms with Crippen LogP contribution in [0.2, 0.25) is 5.02 Å². The lowest BCUT2D eigenvalue weighted by atomic mass is 10.1. The van der Waals surface area contributed by atoms with Crippen molar-refractivity contribution in [2.75, 3.05) is 48.9 Å². The number of aromatic nitrogens is 1. The van der Waals surface area contributed by atoms with E-state index in [9.17, 15) is 13.2 Å². The molecule has 3 heterocycles. The Morgan fingerprint density at radius 3 is 2.67 bits per heavy atom. The topological polar surface area (TPSA) is 83.0 Å². The number of benzene rings is 2. The van der Waals surface area contributed by atoms with E-state index in [1.54, 1.807) is 17.6 Å². The highest BCUT2D eigenvalue weighted by atomic mass is 35.5. The van der Waals surface area contributed by atoms with Gasteiger partial charge in [-0.1, -0.05) is 29.8 Å². The largest absolute Gasteiger partial charge is 0.353 e. The smallest absolute Gasteiger partial charge is 0.285 e. The molecule has 174 valence electrons. The normalized spacial score (nSPS) is 17.2. The standard InChI is InChI=1S/C22H23ClN4O4S2/c1-33(29,30)31-27-19-14-18(23)15(12-16(19)13-21(27)28)6-7-25-8-10-26(11-9-25)22-17-4-2-3-5-20(17)32-24-22/h2-5,12,14H,6-11,13H2,1H3. The number of carbonyl (C=O) groups excluding carboxylic acids is 1. The minimum atomic E-state index is -3.82. The monoisotopic (exact) mass is 506 g/mol. The Kier molecular flexibility index (Phi) is 6.04. The van der Waals surface area contributed by atoms with Crippen LogP contribution in [0.1, 0.15) is 11.1 Å². The summed E-state index contributed by atoms with van der Waals surface area (Å²) in [6.07, 6.45) is 1.74. The zero-order valence-electron chi connectivity index (χ0n) is 18.0. The molecular weight excluding hydrogens is 484 g/mol. The molecule has 0 radical (unpaired) electrons. The molecule has 0 saturated carbocycles. The second kappa shape index (κ2) is 8.84. The molecule has 2 aromatic carbocycles. The first-order valence-electron chi connectivity index (χ1n) is 10.6. The summed E-state index contributed by atoms with van der Waals surface area (Å²) in [5.41, 5.74) is 2.06. The van der Waals surface area contributed by atoms with Crippen LogP contribution in [-0.4, -0.2) is 62.6 Å². The number of carbonyl (C=O) groups is 1. The highest BCUT2D eigenvalue weighted by molar-refractivity contribution is 7.86. The molecule has 1 fully saturated rings. The van der Waals surface area contributed by atoms with Gasteiger partial charge < -0.3 is 4.90 Å². The molecule has 8 nitrogen and oxygen atoms in total. The molecule has 1 aromatic heterocycles. The summed E-state index contributed by atoms with van der Waals surface area (Å²) in [5.74, 6) is 0.650. The lowest BCUT2D eigenvalue weighted by Crippen LogP contribution is -2.47. The zero-order valence-corrected chi connectivity index (χ0v) is 20.4. The van der Waals surface area contributed by atoms with E-state index in [0.29, 0.717) is 10.7 Å². The van der Waals surface area contributed by atoms with Crippen LogP contribution in [0.4, 0.5) is 11.5 Å². The Labute approximate surface area is 201 Å². The van der Waals surface area contributed by atoms with Gasteiger partial charge in [-0.25, -0.2) is 0 Å². The predicted octanol–water partition coefficient (Wildman–Crippen LogP) is 3.09. The highest BCUT2D eigenvalue weighted by Gasteiger charge is 2.32. The lowest BCUT2D eigenvalue weighted by Gasteiger charge is -2.35. The maximum Gasteiger partial charge on any atom is 0.285 e. The van der Waals surface area contributed by atoms with Crippen LogP contribution in [0.25, 0.3) is 10.1 Å². The Morgan fingerprint density at radius 2 is 1.91 bits per heavy atom. The summed E-state index contributed by atoms with van der Waals surface area (Å²) in [6.45, 7) is 4.54. The van der Waals surface area contributed by atoms with Gasteiger partial charge in [0.2, 0.25) is 0 Å². The van der Waals surface area contributed by atoms with Crippen LogP contribution >= 0.6 is 23.1 Å². The van der Waals surface area contributed by atoms with Gasteiger partial charge in [0.25, 0.3) is 16.0 Å². The maximum absolute atomic E-state index is 12.2. The molecule has 0 N–H and O–H groups in total. The van der Waals surface area contributed by atoms with E-state index >= 15 is 0 Å². The number of hydrogen-bond acceptors (Lipinski definition) is 8. The summed E-state index contributed by atoms with van der Waals surface area (Å²) in [7, 11) is -3.82. The van der Waals surface area contributed by atoms with Gasteiger partial charge in [-0.05, 0) is 47.3 Å². The number of nitrogens with zero attached hydrogens (tertiary/aromatic N) is 4. The second-order valence-corrected chi connectivity index (χ2v) is 11.1. The molecule has 0 atom stereocenters. The number of rotatable bonds is 6. The van der Waals surface area contributed by atoms with E-state index in [1.165, 1.54) is 10.1 Å². The Morgan fingerprint density at radius 1 is 1.15 bits per heavy atom. The fourth-order valence-electron chi connectivity index (χ4n) is 4.33. The van der Waals surface area contributed by atoms with E-state index in [0.717, 1.165) is 67.4 Å².